The third-order valence-corrected chi connectivity index (χ3v) is 2.30. The molecule has 0 spiro atoms. The number of hydrogen-bond donors (Lipinski definition) is 5. The van der Waals surface area contributed by atoms with Crippen molar-refractivity contribution in [2.45, 2.75) is 37.1 Å². The molecule has 6 nitrogen and oxygen atoms in total. The minimum Gasteiger partial charge on any atom is -0.388 e. The fourth-order valence-corrected chi connectivity index (χ4v) is 1.36. The first kappa shape index (κ1) is 10.8. The summed E-state index contributed by atoms with van der Waals surface area (Å²) >= 11 is 0. The molecule has 0 saturated carbocycles. The minimum absolute atomic E-state index is 0.345. The second-order valence-corrected chi connectivity index (χ2v) is 3.30. The van der Waals surface area contributed by atoms with Gasteiger partial charge < -0.3 is 30.9 Å². The molecule has 1 fully saturated rings. The molecule has 0 radical (unpaired) electrons. The first-order valence-electron chi connectivity index (χ1n) is 4.07. The molecule has 0 aromatic rings. The van der Waals surface area contributed by atoms with Crippen molar-refractivity contribution in [2.24, 2.45) is 5.73 Å². The summed E-state index contributed by atoms with van der Waals surface area (Å²) in [6.45, 7) is 1.13. The lowest BCUT2D eigenvalue weighted by atomic mass is 9.93. The van der Waals surface area contributed by atoms with Gasteiger partial charge in [0, 0.05) is 6.54 Å². The van der Waals surface area contributed by atoms with Gasteiger partial charge in [-0.1, -0.05) is 0 Å². The summed E-state index contributed by atoms with van der Waals surface area (Å²) < 4.78 is 4.89. The van der Waals surface area contributed by atoms with Gasteiger partial charge in [-0.25, -0.2) is 0 Å². The van der Waals surface area contributed by atoms with Crippen LogP contribution in [0.4, 0.5) is 0 Å². The van der Waals surface area contributed by atoms with Gasteiger partial charge in [0.1, 0.15) is 18.3 Å². The van der Waals surface area contributed by atoms with E-state index in [4.69, 9.17) is 10.5 Å². The van der Waals surface area contributed by atoms with E-state index in [0.717, 1.165) is 0 Å². The first-order chi connectivity index (χ1) is 5.92. The Morgan fingerprint density at radius 1 is 1.31 bits per heavy atom. The molecule has 13 heavy (non-hydrogen) atoms. The molecule has 6 N–H and O–H groups in total. The van der Waals surface area contributed by atoms with E-state index in [1.807, 2.05) is 0 Å². The topological polar surface area (TPSA) is 116 Å². The Morgan fingerprint density at radius 2 is 1.85 bits per heavy atom. The van der Waals surface area contributed by atoms with Crippen molar-refractivity contribution in [1.82, 2.24) is 0 Å². The van der Waals surface area contributed by atoms with Crippen LogP contribution in [0.15, 0.2) is 0 Å². The van der Waals surface area contributed by atoms with Gasteiger partial charge in [0.05, 0.1) is 6.10 Å². The van der Waals surface area contributed by atoms with Gasteiger partial charge in [-0.2, -0.15) is 0 Å². The van der Waals surface area contributed by atoms with E-state index < -0.39 is 30.2 Å². The normalized spacial score (nSPS) is 52.2. The molecular formula is C7H15NO5. The van der Waals surface area contributed by atoms with E-state index >= 15 is 0 Å². The zero-order valence-electron chi connectivity index (χ0n) is 7.29. The number of aliphatic hydroxyl groups is 4. The second-order valence-electron chi connectivity index (χ2n) is 3.30. The zero-order valence-corrected chi connectivity index (χ0v) is 7.29. The van der Waals surface area contributed by atoms with Crippen molar-refractivity contribution in [1.29, 1.82) is 0 Å². The maximum Gasteiger partial charge on any atom is 0.207 e. The molecule has 0 bridgehead atoms. The van der Waals surface area contributed by atoms with Crippen molar-refractivity contribution in [3.8, 4) is 0 Å². The SMILES string of the molecule is CC1OC(O)(CN)C(O)C(O)C1O. The quantitative estimate of drug-likeness (QED) is 0.306. The molecule has 0 aromatic heterocycles. The number of hydrogen-bond acceptors (Lipinski definition) is 6. The molecular weight excluding hydrogens is 178 g/mol. The van der Waals surface area contributed by atoms with Crippen molar-refractivity contribution in [2.75, 3.05) is 6.54 Å². The molecule has 0 aromatic carbocycles. The van der Waals surface area contributed by atoms with Crippen molar-refractivity contribution in [3.05, 3.63) is 0 Å². The van der Waals surface area contributed by atoms with E-state index in [1.54, 1.807) is 0 Å². The average Bonchev–Trinajstić information content (AvgIpc) is 2.12. The number of ether oxygens (including phenoxy) is 1. The Morgan fingerprint density at radius 3 is 2.31 bits per heavy atom. The molecule has 1 aliphatic heterocycles. The molecule has 1 aliphatic rings. The van der Waals surface area contributed by atoms with Gasteiger partial charge in [-0.05, 0) is 6.92 Å². The maximum atomic E-state index is 9.54. The summed E-state index contributed by atoms with van der Waals surface area (Å²) in [6, 6.07) is 0. The fraction of sp³-hybridized carbons (Fsp3) is 1.00. The molecule has 5 unspecified atom stereocenters. The number of aliphatic hydroxyl groups excluding tert-OH is 3. The lowest BCUT2D eigenvalue weighted by molar-refractivity contribution is -0.337. The lowest BCUT2D eigenvalue weighted by Gasteiger charge is -2.44. The third kappa shape index (κ3) is 1.69. The van der Waals surface area contributed by atoms with Crippen LogP contribution in [0.2, 0.25) is 0 Å². The van der Waals surface area contributed by atoms with Crippen LogP contribution in [0, 0.1) is 0 Å². The van der Waals surface area contributed by atoms with Crippen molar-refractivity contribution < 1.29 is 25.2 Å². The van der Waals surface area contributed by atoms with Crippen LogP contribution < -0.4 is 5.73 Å². The van der Waals surface area contributed by atoms with E-state index in [-0.39, 0.29) is 6.54 Å². The Labute approximate surface area is 75.6 Å². The van der Waals surface area contributed by atoms with Gasteiger partial charge in [0.2, 0.25) is 5.79 Å². The van der Waals surface area contributed by atoms with E-state index in [9.17, 15) is 20.4 Å². The van der Waals surface area contributed by atoms with Crippen LogP contribution in [-0.2, 0) is 4.74 Å². The molecule has 5 atom stereocenters. The minimum atomic E-state index is -1.97. The largest absolute Gasteiger partial charge is 0.388 e. The van der Waals surface area contributed by atoms with E-state index in [0.29, 0.717) is 0 Å². The summed E-state index contributed by atoms with van der Waals surface area (Å²) in [5.41, 5.74) is 5.17. The Kier molecular flexibility index (Phi) is 2.91. The van der Waals surface area contributed by atoms with Crippen LogP contribution >= 0.6 is 0 Å². The molecule has 0 aliphatic carbocycles. The zero-order chi connectivity index (χ0) is 10.2. The van der Waals surface area contributed by atoms with Gasteiger partial charge in [-0.3, -0.25) is 0 Å². The summed E-state index contributed by atoms with van der Waals surface area (Å²) in [6.07, 6.45) is -5.03. The fourth-order valence-electron chi connectivity index (χ4n) is 1.36. The van der Waals surface area contributed by atoms with Crippen LogP contribution in [0.5, 0.6) is 0 Å². The number of rotatable bonds is 1. The van der Waals surface area contributed by atoms with E-state index in [2.05, 4.69) is 0 Å². The second kappa shape index (κ2) is 3.49. The van der Waals surface area contributed by atoms with Gasteiger partial charge in [0.25, 0.3) is 0 Å². The summed E-state index contributed by atoms with van der Waals surface area (Å²) in [7, 11) is 0. The summed E-state index contributed by atoms with van der Waals surface area (Å²) in [5, 5.41) is 37.4. The highest BCUT2D eigenvalue weighted by Gasteiger charge is 2.50. The molecule has 1 rings (SSSR count). The van der Waals surface area contributed by atoms with Crippen molar-refractivity contribution >= 4 is 0 Å². The summed E-state index contributed by atoms with van der Waals surface area (Å²) in [5.74, 6) is -1.97. The Balaban J connectivity index is 2.82. The van der Waals surface area contributed by atoms with Gasteiger partial charge in [0.15, 0.2) is 0 Å². The molecule has 6 heteroatoms. The van der Waals surface area contributed by atoms with Crippen molar-refractivity contribution in [3.63, 3.8) is 0 Å². The smallest absolute Gasteiger partial charge is 0.207 e. The first-order valence-corrected chi connectivity index (χ1v) is 4.07. The van der Waals surface area contributed by atoms with Crippen LogP contribution in [0.1, 0.15) is 6.92 Å². The monoisotopic (exact) mass is 193 g/mol. The predicted molar refractivity (Wildman–Crippen MR) is 42.6 cm³/mol. The molecule has 78 valence electrons. The highest BCUT2D eigenvalue weighted by atomic mass is 16.7. The van der Waals surface area contributed by atoms with Crippen LogP contribution in [0.3, 0.4) is 0 Å². The Hall–Kier alpha value is -0.240. The highest BCUT2D eigenvalue weighted by Crippen LogP contribution is 2.26. The Bertz CT molecular complexity index is 190. The lowest BCUT2D eigenvalue weighted by Crippen LogP contribution is -2.66. The number of nitrogens with two attached hydrogens (primary N) is 1. The standard InChI is InChI=1S/C7H15NO5/c1-3-4(9)5(10)6(11)7(12,2-8)13-3/h3-6,9-12H,2,8H2,1H3. The van der Waals surface area contributed by atoms with Gasteiger partial charge in [-0.15, -0.1) is 0 Å². The molecule has 0 amide bonds. The van der Waals surface area contributed by atoms with Crippen LogP contribution in [0.25, 0.3) is 0 Å². The summed E-state index contributed by atoms with van der Waals surface area (Å²) in [4.78, 5) is 0. The highest BCUT2D eigenvalue weighted by molar-refractivity contribution is 4.95. The maximum absolute atomic E-state index is 9.54. The third-order valence-electron chi connectivity index (χ3n) is 2.30. The van der Waals surface area contributed by atoms with Gasteiger partial charge >= 0.3 is 0 Å². The molecule has 1 saturated heterocycles. The van der Waals surface area contributed by atoms with Crippen LogP contribution in [-0.4, -0.2) is 57.2 Å². The molecule has 1 heterocycles. The average molecular weight is 193 g/mol. The van der Waals surface area contributed by atoms with E-state index in [1.165, 1.54) is 6.92 Å². The predicted octanol–water partition coefficient (Wildman–Crippen LogP) is -2.86.